The molecule has 1 saturated carbocycles. The monoisotopic (exact) mass is 255 g/mol. The van der Waals surface area contributed by atoms with Crippen molar-refractivity contribution in [2.45, 2.75) is 24.9 Å². The molecule has 0 aliphatic heterocycles. The minimum absolute atomic E-state index is 0.0416. The predicted octanol–water partition coefficient (Wildman–Crippen LogP) is 0.608. The minimum Gasteiger partial charge on any atom is -0.484 e. The second-order valence-electron chi connectivity index (χ2n) is 4.34. The summed E-state index contributed by atoms with van der Waals surface area (Å²) in [6, 6.07) is 7.70. The number of nitrogens with one attached hydrogen (secondary N) is 1. The van der Waals surface area contributed by atoms with Crippen LogP contribution in [0.3, 0.4) is 0 Å². The summed E-state index contributed by atoms with van der Waals surface area (Å²) >= 11 is 5.74. The number of ether oxygens (including phenoxy) is 1. The van der Waals surface area contributed by atoms with Crippen molar-refractivity contribution in [2.75, 3.05) is 6.61 Å². The van der Waals surface area contributed by atoms with Crippen molar-refractivity contribution >= 4 is 17.5 Å². The SMILES string of the molecule is [NH3+]C1CC(NC(=O)COc2ccc(Cl)cc2)C1. The molecule has 0 bridgehead atoms. The second kappa shape index (κ2) is 5.38. The highest BCUT2D eigenvalue weighted by Gasteiger charge is 2.30. The standard InChI is InChI=1S/C12H15ClN2O2/c13-8-1-3-11(4-2-8)17-7-12(16)15-10-5-9(14)6-10/h1-4,9-10H,5-7,14H2,(H,15,16)/p+1. The van der Waals surface area contributed by atoms with Crippen molar-refractivity contribution in [3.63, 3.8) is 0 Å². The van der Waals surface area contributed by atoms with Crippen LogP contribution in [0.4, 0.5) is 0 Å². The Bertz CT molecular complexity index is 388. The first-order chi connectivity index (χ1) is 8.13. The fourth-order valence-corrected chi connectivity index (χ4v) is 1.93. The lowest BCUT2D eigenvalue weighted by Gasteiger charge is -2.30. The van der Waals surface area contributed by atoms with Crippen molar-refractivity contribution in [2.24, 2.45) is 0 Å². The Morgan fingerprint density at radius 1 is 1.41 bits per heavy atom. The molecular formula is C12H16ClN2O2+. The lowest BCUT2D eigenvalue weighted by molar-refractivity contribution is -0.440. The summed E-state index contributed by atoms with van der Waals surface area (Å²) in [5, 5.41) is 3.55. The molecule has 17 heavy (non-hydrogen) atoms. The number of carbonyl (C=O) groups excluding carboxylic acids is 1. The number of quaternary nitrogens is 1. The first-order valence-corrected chi connectivity index (χ1v) is 6.02. The molecule has 1 amide bonds. The smallest absolute Gasteiger partial charge is 0.258 e. The highest BCUT2D eigenvalue weighted by molar-refractivity contribution is 6.30. The quantitative estimate of drug-likeness (QED) is 0.828. The molecule has 92 valence electrons. The summed E-state index contributed by atoms with van der Waals surface area (Å²) in [6.45, 7) is 0.0416. The van der Waals surface area contributed by atoms with Gasteiger partial charge in [-0.15, -0.1) is 0 Å². The third kappa shape index (κ3) is 3.61. The van der Waals surface area contributed by atoms with Crippen LogP contribution in [0.5, 0.6) is 5.75 Å². The van der Waals surface area contributed by atoms with Crippen LogP contribution in [-0.2, 0) is 4.79 Å². The summed E-state index contributed by atoms with van der Waals surface area (Å²) in [6.07, 6.45) is 1.93. The molecule has 1 aromatic carbocycles. The number of hydrogen-bond acceptors (Lipinski definition) is 2. The topological polar surface area (TPSA) is 66.0 Å². The van der Waals surface area contributed by atoms with E-state index in [9.17, 15) is 4.79 Å². The zero-order valence-corrected chi connectivity index (χ0v) is 10.2. The maximum Gasteiger partial charge on any atom is 0.258 e. The highest BCUT2D eigenvalue weighted by Crippen LogP contribution is 2.17. The van der Waals surface area contributed by atoms with E-state index in [0.717, 1.165) is 12.8 Å². The molecule has 0 unspecified atom stereocenters. The number of halogens is 1. The van der Waals surface area contributed by atoms with Gasteiger partial charge in [0.2, 0.25) is 0 Å². The Kier molecular flexibility index (Phi) is 3.86. The van der Waals surface area contributed by atoms with Gasteiger partial charge in [0, 0.05) is 23.9 Å². The van der Waals surface area contributed by atoms with Crippen molar-refractivity contribution < 1.29 is 15.3 Å². The van der Waals surface area contributed by atoms with Gasteiger partial charge in [0.05, 0.1) is 6.04 Å². The van der Waals surface area contributed by atoms with E-state index >= 15 is 0 Å². The van der Waals surface area contributed by atoms with Crippen LogP contribution in [0.2, 0.25) is 5.02 Å². The van der Waals surface area contributed by atoms with Gasteiger partial charge < -0.3 is 15.8 Å². The number of amides is 1. The molecule has 5 heteroatoms. The van der Waals surface area contributed by atoms with Crippen molar-refractivity contribution in [3.8, 4) is 5.75 Å². The molecule has 0 saturated heterocycles. The number of hydrogen-bond donors (Lipinski definition) is 2. The Balaban J connectivity index is 1.70. The first kappa shape index (κ1) is 12.2. The van der Waals surface area contributed by atoms with Crippen LogP contribution in [0, 0.1) is 0 Å². The van der Waals surface area contributed by atoms with Gasteiger partial charge in [-0.1, -0.05) is 11.6 Å². The normalized spacial score (nSPS) is 22.7. The lowest BCUT2D eigenvalue weighted by atomic mass is 9.88. The zero-order chi connectivity index (χ0) is 12.3. The predicted molar refractivity (Wildman–Crippen MR) is 64.8 cm³/mol. The lowest BCUT2D eigenvalue weighted by Crippen LogP contribution is -2.70. The Hall–Kier alpha value is -1.26. The van der Waals surface area contributed by atoms with E-state index in [1.54, 1.807) is 24.3 Å². The number of rotatable bonds is 4. The van der Waals surface area contributed by atoms with Crippen molar-refractivity contribution in [3.05, 3.63) is 29.3 Å². The minimum atomic E-state index is -0.0862. The second-order valence-corrected chi connectivity index (χ2v) is 4.78. The molecule has 4 N–H and O–H groups in total. The molecule has 1 aromatic rings. The van der Waals surface area contributed by atoms with Crippen LogP contribution in [0.25, 0.3) is 0 Å². The van der Waals surface area contributed by atoms with Crippen LogP contribution < -0.4 is 15.8 Å². The summed E-state index contributed by atoms with van der Waals surface area (Å²) < 4.78 is 5.33. The third-order valence-electron chi connectivity index (χ3n) is 2.78. The molecule has 0 spiro atoms. The molecule has 1 aliphatic rings. The van der Waals surface area contributed by atoms with Gasteiger partial charge in [-0.25, -0.2) is 0 Å². The fourth-order valence-electron chi connectivity index (χ4n) is 1.80. The number of carbonyl (C=O) groups is 1. The molecule has 4 nitrogen and oxygen atoms in total. The molecular weight excluding hydrogens is 240 g/mol. The average molecular weight is 256 g/mol. The highest BCUT2D eigenvalue weighted by atomic mass is 35.5. The van der Waals surface area contributed by atoms with Gasteiger partial charge >= 0.3 is 0 Å². The summed E-state index contributed by atoms with van der Waals surface area (Å²) in [5.74, 6) is 0.560. The van der Waals surface area contributed by atoms with Gasteiger partial charge in [0.15, 0.2) is 6.61 Å². The van der Waals surface area contributed by atoms with Crippen molar-refractivity contribution in [1.29, 1.82) is 0 Å². The van der Waals surface area contributed by atoms with E-state index in [1.807, 2.05) is 0 Å². The fraction of sp³-hybridized carbons (Fsp3) is 0.417. The van der Waals surface area contributed by atoms with Gasteiger partial charge in [0.1, 0.15) is 5.75 Å². The average Bonchev–Trinajstić information content (AvgIpc) is 2.26. The van der Waals surface area contributed by atoms with E-state index in [4.69, 9.17) is 16.3 Å². The van der Waals surface area contributed by atoms with Gasteiger partial charge in [0.25, 0.3) is 5.91 Å². The van der Waals surface area contributed by atoms with Crippen LogP contribution >= 0.6 is 11.6 Å². The molecule has 0 atom stereocenters. The summed E-state index contributed by atoms with van der Waals surface area (Å²) in [7, 11) is 0. The van der Waals surface area contributed by atoms with E-state index in [2.05, 4.69) is 11.1 Å². The Morgan fingerprint density at radius 2 is 2.06 bits per heavy atom. The summed E-state index contributed by atoms with van der Waals surface area (Å²) in [5.41, 5.74) is 3.91. The van der Waals surface area contributed by atoms with Crippen LogP contribution in [-0.4, -0.2) is 24.6 Å². The van der Waals surface area contributed by atoms with Crippen LogP contribution in [0.1, 0.15) is 12.8 Å². The Morgan fingerprint density at radius 3 is 2.65 bits per heavy atom. The number of benzene rings is 1. The van der Waals surface area contributed by atoms with Gasteiger partial charge in [-0.3, -0.25) is 4.79 Å². The molecule has 0 radical (unpaired) electrons. The largest absolute Gasteiger partial charge is 0.484 e. The maximum atomic E-state index is 11.5. The first-order valence-electron chi connectivity index (χ1n) is 5.64. The van der Waals surface area contributed by atoms with Gasteiger partial charge in [-0.05, 0) is 24.3 Å². The summed E-state index contributed by atoms with van der Waals surface area (Å²) in [4.78, 5) is 11.5. The van der Waals surface area contributed by atoms with Crippen molar-refractivity contribution in [1.82, 2.24) is 5.32 Å². The molecule has 0 heterocycles. The third-order valence-corrected chi connectivity index (χ3v) is 3.04. The van der Waals surface area contributed by atoms with Crippen LogP contribution in [0.15, 0.2) is 24.3 Å². The maximum absolute atomic E-state index is 11.5. The van der Waals surface area contributed by atoms with E-state index in [0.29, 0.717) is 16.8 Å². The molecule has 0 aromatic heterocycles. The van der Waals surface area contributed by atoms with Gasteiger partial charge in [-0.2, -0.15) is 0 Å². The zero-order valence-electron chi connectivity index (χ0n) is 9.49. The van der Waals surface area contributed by atoms with E-state index in [1.165, 1.54) is 0 Å². The van der Waals surface area contributed by atoms with E-state index in [-0.39, 0.29) is 18.6 Å². The molecule has 1 aliphatic carbocycles. The Labute approximate surface area is 105 Å². The molecule has 1 fully saturated rings. The van der Waals surface area contributed by atoms with E-state index < -0.39 is 0 Å². The molecule has 2 rings (SSSR count).